The lowest BCUT2D eigenvalue weighted by molar-refractivity contribution is 0.0439. The van der Waals surface area contributed by atoms with E-state index in [1.54, 1.807) is 12.1 Å². The average Bonchev–Trinajstić information content (AvgIpc) is 3.05. The maximum absolute atomic E-state index is 12.0. The van der Waals surface area contributed by atoms with Crippen molar-refractivity contribution in [3.05, 3.63) is 70.0 Å². The summed E-state index contributed by atoms with van der Waals surface area (Å²) in [4.78, 5) is 12.0. The largest absolute Gasteiger partial charge is 0.452 e. The van der Waals surface area contributed by atoms with Crippen molar-refractivity contribution >= 4 is 29.2 Å². The van der Waals surface area contributed by atoms with Crippen LogP contribution in [0.5, 0.6) is 0 Å². The molecule has 7 heteroatoms. The van der Waals surface area contributed by atoms with Gasteiger partial charge in [0.1, 0.15) is 0 Å². The summed E-state index contributed by atoms with van der Waals surface area (Å²) < 4.78 is 10.6. The molecule has 0 saturated heterocycles. The van der Waals surface area contributed by atoms with E-state index in [1.807, 2.05) is 30.3 Å². The summed E-state index contributed by atoms with van der Waals surface area (Å²) in [5.74, 6) is -0.0650. The molecule has 0 atom stereocenters. The molecule has 1 aromatic heterocycles. The second-order valence-electron chi connectivity index (χ2n) is 4.54. The van der Waals surface area contributed by atoms with Crippen LogP contribution in [0.3, 0.4) is 0 Å². The Morgan fingerprint density at radius 3 is 2.61 bits per heavy atom. The summed E-state index contributed by atoms with van der Waals surface area (Å²) in [6, 6.07) is 14.0. The number of nitrogens with zero attached hydrogens (tertiary/aromatic N) is 2. The van der Waals surface area contributed by atoms with Gasteiger partial charge in [-0.15, -0.1) is 10.2 Å². The van der Waals surface area contributed by atoms with Gasteiger partial charge in [-0.2, -0.15) is 0 Å². The van der Waals surface area contributed by atoms with E-state index in [1.165, 1.54) is 6.07 Å². The molecular formula is C16H10Cl2N2O3. The fourth-order valence-electron chi connectivity index (χ4n) is 1.88. The van der Waals surface area contributed by atoms with Crippen LogP contribution in [0.1, 0.15) is 16.2 Å². The third kappa shape index (κ3) is 3.52. The molecule has 23 heavy (non-hydrogen) atoms. The van der Waals surface area contributed by atoms with Gasteiger partial charge in [0, 0.05) is 5.56 Å². The van der Waals surface area contributed by atoms with Gasteiger partial charge in [-0.3, -0.25) is 0 Å². The van der Waals surface area contributed by atoms with Crippen LogP contribution in [0.2, 0.25) is 10.0 Å². The number of benzene rings is 2. The van der Waals surface area contributed by atoms with Crippen molar-refractivity contribution in [2.24, 2.45) is 0 Å². The number of rotatable bonds is 4. The first-order valence-electron chi connectivity index (χ1n) is 6.64. The number of ether oxygens (including phenoxy) is 1. The van der Waals surface area contributed by atoms with Crippen LogP contribution < -0.4 is 0 Å². The van der Waals surface area contributed by atoms with Crippen LogP contribution in [0.15, 0.2) is 52.9 Å². The van der Waals surface area contributed by atoms with Crippen molar-refractivity contribution in [3.8, 4) is 11.5 Å². The summed E-state index contributed by atoms with van der Waals surface area (Å²) >= 11 is 11.8. The molecule has 0 spiro atoms. The van der Waals surface area contributed by atoms with Crippen molar-refractivity contribution in [2.45, 2.75) is 6.61 Å². The number of carbonyl (C=O) groups excluding carboxylic acids is 1. The van der Waals surface area contributed by atoms with E-state index >= 15 is 0 Å². The molecule has 2 aromatic carbocycles. The normalized spacial score (nSPS) is 10.5. The van der Waals surface area contributed by atoms with Crippen LogP contribution in [-0.2, 0) is 11.3 Å². The molecule has 0 radical (unpaired) electrons. The standard InChI is InChI=1S/C16H10Cl2N2O3/c17-12-8-4-7-11(14(12)18)16(21)22-9-13-19-20-15(23-13)10-5-2-1-3-6-10/h1-8H,9H2. The zero-order valence-corrected chi connectivity index (χ0v) is 13.2. The Morgan fingerprint density at radius 2 is 1.83 bits per heavy atom. The Hall–Kier alpha value is -2.37. The second kappa shape index (κ2) is 6.81. The Labute approximate surface area is 141 Å². The molecule has 0 saturated carbocycles. The van der Waals surface area contributed by atoms with Gasteiger partial charge in [-0.25, -0.2) is 4.79 Å². The number of halogens is 2. The summed E-state index contributed by atoms with van der Waals surface area (Å²) in [6.07, 6.45) is 0. The Balaban J connectivity index is 1.68. The van der Waals surface area contributed by atoms with Gasteiger partial charge < -0.3 is 9.15 Å². The predicted molar refractivity (Wildman–Crippen MR) is 85.3 cm³/mol. The fourth-order valence-corrected chi connectivity index (χ4v) is 2.25. The monoisotopic (exact) mass is 348 g/mol. The number of hydrogen-bond donors (Lipinski definition) is 0. The predicted octanol–water partition coefficient (Wildman–Crippen LogP) is 4.40. The third-order valence-corrected chi connectivity index (χ3v) is 3.80. The summed E-state index contributed by atoms with van der Waals surface area (Å²) in [6.45, 7) is -0.151. The molecule has 0 aliphatic rings. The minimum atomic E-state index is -0.614. The van der Waals surface area contributed by atoms with E-state index in [9.17, 15) is 4.79 Å². The van der Waals surface area contributed by atoms with Gasteiger partial charge in [0.25, 0.3) is 5.89 Å². The fraction of sp³-hybridized carbons (Fsp3) is 0.0625. The Bertz CT molecular complexity index is 834. The third-order valence-electron chi connectivity index (χ3n) is 2.99. The molecule has 0 bridgehead atoms. The van der Waals surface area contributed by atoms with Crippen molar-refractivity contribution in [3.63, 3.8) is 0 Å². The molecular weight excluding hydrogens is 339 g/mol. The van der Waals surface area contributed by atoms with E-state index in [0.29, 0.717) is 5.89 Å². The molecule has 0 aliphatic heterocycles. The maximum atomic E-state index is 12.0. The molecule has 0 unspecified atom stereocenters. The van der Waals surface area contributed by atoms with Gasteiger partial charge >= 0.3 is 5.97 Å². The molecule has 3 aromatic rings. The van der Waals surface area contributed by atoms with Crippen molar-refractivity contribution in [2.75, 3.05) is 0 Å². The molecule has 3 rings (SSSR count). The van der Waals surface area contributed by atoms with Crippen LogP contribution in [-0.4, -0.2) is 16.2 Å². The van der Waals surface area contributed by atoms with Crippen molar-refractivity contribution < 1.29 is 13.9 Å². The molecule has 0 aliphatic carbocycles. The van der Waals surface area contributed by atoms with Gasteiger partial charge in [-0.05, 0) is 24.3 Å². The highest BCUT2D eigenvalue weighted by atomic mass is 35.5. The number of aromatic nitrogens is 2. The summed E-state index contributed by atoms with van der Waals surface area (Å²) in [5.41, 5.74) is 0.970. The molecule has 0 N–H and O–H groups in total. The minimum absolute atomic E-state index is 0.148. The Morgan fingerprint density at radius 1 is 1.04 bits per heavy atom. The van der Waals surface area contributed by atoms with E-state index in [-0.39, 0.29) is 28.1 Å². The smallest absolute Gasteiger partial charge is 0.340 e. The van der Waals surface area contributed by atoms with E-state index in [0.717, 1.165) is 5.56 Å². The molecule has 116 valence electrons. The first kappa shape index (κ1) is 15.5. The van der Waals surface area contributed by atoms with Gasteiger partial charge in [0.05, 0.1) is 15.6 Å². The van der Waals surface area contributed by atoms with Crippen LogP contribution >= 0.6 is 23.2 Å². The number of esters is 1. The minimum Gasteiger partial charge on any atom is -0.452 e. The average molecular weight is 349 g/mol. The zero-order valence-electron chi connectivity index (χ0n) is 11.7. The lowest BCUT2D eigenvalue weighted by Gasteiger charge is -2.05. The lowest BCUT2D eigenvalue weighted by Crippen LogP contribution is -2.06. The SMILES string of the molecule is O=C(OCc1nnc(-c2ccccc2)o1)c1cccc(Cl)c1Cl. The Kier molecular flexibility index (Phi) is 4.60. The first-order chi connectivity index (χ1) is 11.1. The van der Waals surface area contributed by atoms with Crippen LogP contribution in [0.25, 0.3) is 11.5 Å². The molecule has 5 nitrogen and oxygen atoms in total. The van der Waals surface area contributed by atoms with E-state index in [2.05, 4.69) is 10.2 Å². The van der Waals surface area contributed by atoms with Gasteiger partial charge in [0.2, 0.25) is 5.89 Å². The van der Waals surface area contributed by atoms with E-state index < -0.39 is 5.97 Å². The summed E-state index contributed by atoms with van der Waals surface area (Å²) in [5, 5.41) is 8.19. The van der Waals surface area contributed by atoms with Crippen molar-refractivity contribution in [1.29, 1.82) is 0 Å². The number of hydrogen-bond acceptors (Lipinski definition) is 5. The molecule has 1 heterocycles. The highest BCUT2D eigenvalue weighted by molar-refractivity contribution is 6.43. The zero-order chi connectivity index (χ0) is 16.2. The van der Waals surface area contributed by atoms with Gasteiger partial charge in [-0.1, -0.05) is 47.5 Å². The molecule has 0 amide bonds. The quantitative estimate of drug-likeness (QED) is 0.653. The van der Waals surface area contributed by atoms with Crippen molar-refractivity contribution in [1.82, 2.24) is 10.2 Å². The lowest BCUT2D eigenvalue weighted by atomic mass is 10.2. The first-order valence-corrected chi connectivity index (χ1v) is 7.39. The van der Waals surface area contributed by atoms with Gasteiger partial charge in [0.15, 0.2) is 6.61 Å². The topological polar surface area (TPSA) is 65.2 Å². The van der Waals surface area contributed by atoms with E-state index in [4.69, 9.17) is 32.4 Å². The summed E-state index contributed by atoms with van der Waals surface area (Å²) in [7, 11) is 0. The molecule has 0 fully saturated rings. The number of carbonyl (C=O) groups is 1. The highest BCUT2D eigenvalue weighted by Crippen LogP contribution is 2.26. The second-order valence-corrected chi connectivity index (χ2v) is 5.33. The van der Waals surface area contributed by atoms with Crippen LogP contribution in [0.4, 0.5) is 0 Å². The maximum Gasteiger partial charge on any atom is 0.340 e. The van der Waals surface area contributed by atoms with Crippen LogP contribution in [0, 0.1) is 0 Å². The highest BCUT2D eigenvalue weighted by Gasteiger charge is 2.16.